The number of nitrogens with zero attached hydrogens (tertiary/aromatic N) is 2. The Morgan fingerprint density at radius 3 is 2.43 bits per heavy atom. The standard InChI is InChI=1S/C14H26N4O3/c1-6-21-8-10(4)16-11-12(15)18(7-9(2)3)14(20)17(5)13(11)19/h9-10,16H,6-8,15H2,1-5H3. The first-order valence-electron chi connectivity index (χ1n) is 7.23. The van der Waals surface area contributed by atoms with Crippen LogP contribution in [-0.4, -0.2) is 28.4 Å². The number of hydrogen-bond donors (Lipinski definition) is 2. The van der Waals surface area contributed by atoms with Crippen LogP contribution < -0.4 is 22.3 Å². The van der Waals surface area contributed by atoms with Crippen molar-refractivity contribution in [1.82, 2.24) is 9.13 Å². The molecule has 21 heavy (non-hydrogen) atoms. The summed E-state index contributed by atoms with van der Waals surface area (Å²) in [6, 6.07) is -0.0787. The highest BCUT2D eigenvalue weighted by Gasteiger charge is 2.17. The molecule has 0 aliphatic rings. The predicted octanol–water partition coefficient (Wildman–Crippen LogP) is 0.622. The molecule has 3 N–H and O–H groups in total. The molecule has 120 valence electrons. The quantitative estimate of drug-likeness (QED) is 0.770. The summed E-state index contributed by atoms with van der Waals surface area (Å²) in [5.74, 6) is 0.427. The summed E-state index contributed by atoms with van der Waals surface area (Å²) >= 11 is 0. The van der Waals surface area contributed by atoms with Gasteiger partial charge in [-0.25, -0.2) is 4.79 Å². The molecule has 1 aromatic rings. The summed E-state index contributed by atoms with van der Waals surface area (Å²) in [6.45, 7) is 9.31. The average molecular weight is 298 g/mol. The van der Waals surface area contributed by atoms with E-state index in [1.807, 2.05) is 27.7 Å². The van der Waals surface area contributed by atoms with Gasteiger partial charge in [-0.2, -0.15) is 0 Å². The van der Waals surface area contributed by atoms with Gasteiger partial charge in [0, 0.05) is 26.2 Å². The van der Waals surface area contributed by atoms with Crippen molar-refractivity contribution in [3.63, 3.8) is 0 Å². The van der Waals surface area contributed by atoms with Gasteiger partial charge in [0.25, 0.3) is 5.56 Å². The van der Waals surface area contributed by atoms with E-state index in [1.54, 1.807) is 0 Å². The Balaban J connectivity index is 3.23. The summed E-state index contributed by atoms with van der Waals surface area (Å²) in [4.78, 5) is 24.4. The fourth-order valence-electron chi connectivity index (χ4n) is 2.04. The SMILES string of the molecule is CCOCC(C)Nc1c(N)n(CC(C)C)c(=O)n(C)c1=O. The van der Waals surface area contributed by atoms with Crippen LogP contribution in [0.2, 0.25) is 0 Å². The maximum Gasteiger partial charge on any atom is 0.332 e. The Hall–Kier alpha value is -1.76. The lowest BCUT2D eigenvalue weighted by atomic mass is 10.2. The molecular formula is C14H26N4O3. The van der Waals surface area contributed by atoms with Crippen LogP contribution in [0.5, 0.6) is 0 Å². The first-order valence-corrected chi connectivity index (χ1v) is 7.23. The van der Waals surface area contributed by atoms with E-state index in [0.717, 1.165) is 4.57 Å². The average Bonchev–Trinajstić information content (AvgIpc) is 2.43. The molecular weight excluding hydrogens is 272 g/mol. The zero-order chi connectivity index (χ0) is 16.2. The summed E-state index contributed by atoms with van der Waals surface area (Å²) in [5.41, 5.74) is 5.47. The van der Waals surface area contributed by atoms with Crippen molar-refractivity contribution in [2.24, 2.45) is 13.0 Å². The van der Waals surface area contributed by atoms with Gasteiger partial charge < -0.3 is 15.8 Å². The van der Waals surface area contributed by atoms with Crippen LogP contribution >= 0.6 is 0 Å². The Bertz CT molecular complexity index is 589. The molecule has 7 heteroatoms. The van der Waals surface area contributed by atoms with E-state index >= 15 is 0 Å². The van der Waals surface area contributed by atoms with Gasteiger partial charge in [-0.05, 0) is 19.8 Å². The zero-order valence-electron chi connectivity index (χ0n) is 13.5. The Morgan fingerprint density at radius 1 is 1.29 bits per heavy atom. The smallest absolute Gasteiger partial charge is 0.332 e. The largest absolute Gasteiger partial charge is 0.383 e. The highest BCUT2D eigenvalue weighted by Crippen LogP contribution is 2.13. The molecule has 7 nitrogen and oxygen atoms in total. The number of nitrogens with two attached hydrogens (primary N) is 1. The van der Waals surface area contributed by atoms with Crippen molar-refractivity contribution >= 4 is 11.5 Å². The minimum Gasteiger partial charge on any atom is -0.383 e. The minimum atomic E-state index is -0.416. The molecule has 1 atom stereocenters. The number of rotatable bonds is 7. The van der Waals surface area contributed by atoms with E-state index in [-0.39, 0.29) is 23.5 Å². The highest BCUT2D eigenvalue weighted by atomic mass is 16.5. The number of nitrogen functional groups attached to an aromatic ring is 1. The highest BCUT2D eigenvalue weighted by molar-refractivity contribution is 5.61. The van der Waals surface area contributed by atoms with Gasteiger partial charge in [-0.1, -0.05) is 13.8 Å². The van der Waals surface area contributed by atoms with Gasteiger partial charge in [0.1, 0.15) is 11.5 Å². The second-order valence-electron chi connectivity index (χ2n) is 5.62. The summed E-state index contributed by atoms with van der Waals surface area (Å²) in [7, 11) is 1.46. The topological polar surface area (TPSA) is 91.3 Å². The summed E-state index contributed by atoms with van der Waals surface area (Å²) < 4.78 is 7.83. The second-order valence-corrected chi connectivity index (χ2v) is 5.62. The molecule has 0 bridgehead atoms. The lowest BCUT2D eigenvalue weighted by Gasteiger charge is -2.20. The first-order chi connectivity index (χ1) is 9.79. The van der Waals surface area contributed by atoms with Crippen LogP contribution in [0.25, 0.3) is 0 Å². The van der Waals surface area contributed by atoms with Crippen molar-refractivity contribution in [3.05, 3.63) is 20.8 Å². The third-order valence-electron chi connectivity index (χ3n) is 3.09. The molecule has 0 aliphatic heterocycles. The van der Waals surface area contributed by atoms with Crippen molar-refractivity contribution in [2.75, 3.05) is 24.3 Å². The monoisotopic (exact) mass is 298 g/mol. The van der Waals surface area contributed by atoms with E-state index < -0.39 is 11.2 Å². The van der Waals surface area contributed by atoms with Crippen molar-refractivity contribution in [1.29, 1.82) is 0 Å². The van der Waals surface area contributed by atoms with E-state index in [4.69, 9.17) is 10.5 Å². The van der Waals surface area contributed by atoms with Gasteiger partial charge in [-0.15, -0.1) is 0 Å². The molecule has 1 heterocycles. The van der Waals surface area contributed by atoms with Crippen molar-refractivity contribution in [2.45, 2.75) is 40.3 Å². The van der Waals surface area contributed by atoms with Crippen LogP contribution in [0.3, 0.4) is 0 Å². The number of ether oxygens (including phenoxy) is 1. The minimum absolute atomic E-state index is 0.0787. The number of anilines is 2. The van der Waals surface area contributed by atoms with Crippen LogP contribution in [-0.2, 0) is 18.3 Å². The molecule has 0 radical (unpaired) electrons. The molecule has 0 fully saturated rings. The van der Waals surface area contributed by atoms with Crippen LogP contribution in [0.4, 0.5) is 11.5 Å². The third kappa shape index (κ3) is 4.10. The van der Waals surface area contributed by atoms with Gasteiger partial charge in [0.15, 0.2) is 0 Å². The fourth-order valence-corrected chi connectivity index (χ4v) is 2.04. The van der Waals surface area contributed by atoms with E-state index in [9.17, 15) is 9.59 Å². The fraction of sp³-hybridized carbons (Fsp3) is 0.714. The van der Waals surface area contributed by atoms with Crippen LogP contribution in [0, 0.1) is 5.92 Å². The molecule has 0 amide bonds. The van der Waals surface area contributed by atoms with E-state index in [2.05, 4.69) is 5.32 Å². The lowest BCUT2D eigenvalue weighted by molar-refractivity contribution is 0.141. The van der Waals surface area contributed by atoms with E-state index in [1.165, 1.54) is 11.6 Å². The van der Waals surface area contributed by atoms with Crippen molar-refractivity contribution < 1.29 is 4.74 Å². The molecule has 1 rings (SSSR count). The zero-order valence-corrected chi connectivity index (χ0v) is 13.5. The van der Waals surface area contributed by atoms with Crippen molar-refractivity contribution in [3.8, 4) is 0 Å². The van der Waals surface area contributed by atoms with Gasteiger partial charge in [0.2, 0.25) is 0 Å². The van der Waals surface area contributed by atoms with Crippen LogP contribution in [0.15, 0.2) is 9.59 Å². The molecule has 1 aromatic heterocycles. The molecule has 0 aliphatic carbocycles. The number of aromatic nitrogens is 2. The summed E-state index contributed by atoms with van der Waals surface area (Å²) in [5, 5.41) is 3.05. The molecule has 0 spiro atoms. The van der Waals surface area contributed by atoms with Gasteiger partial charge in [-0.3, -0.25) is 13.9 Å². The predicted molar refractivity (Wildman–Crippen MR) is 84.8 cm³/mol. The molecule has 0 saturated carbocycles. The molecule has 1 unspecified atom stereocenters. The normalized spacial score (nSPS) is 12.7. The van der Waals surface area contributed by atoms with Crippen LogP contribution in [0.1, 0.15) is 27.7 Å². The first kappa shape index (κ1) is 17.3. The third-order valence-corrected chi connectivity index (χ3v) is 3.09. The molecule has 0 aromatic carbocycles. The number of nitrogens with one attached hydrogen (secondary N) is 1. The maximum atomic E-state index is 12.2. The second kappa shape index (κ2) is 7.31. The number of hydrogen-bond acceptors (Lipinski definition) is 5. The van der Waals surface area contributed by atoms with E-state index in [0.29, 0.717) is 19.8 Å². The molecule has 0 saturated heterocycles. The van der Waals surface area contributed by atoms with Gasteiger partial charge >= 0.3 is 5.69 Å². The Morgan fingerprint density at radius 2 is 1.90 bits per heavy atom. The maximum absolute atomic E-state index is 12.2. The Labute approximate surface area is 124 Å². The van der Waals surface area contributed by atoms with Gasteiger partial charge in [0.05, 0.1) is 6.61 Å². The lowest BCUT2D eigenvalue weighted by Crippen LogP contribution is -2.42. The Kier molecular flexibility index (Phi) is 6.02. The summed E-state index contributed by atoms with van der Waals surface area (Å²) in [6.07, 6.45) is 0.